The second-order valence-electron chi connectivity index (χ2n) is 7.44. The Morgan fingerprint density at radius 1 is 1.21 bits per heavy atom. The van der Waals surface area contributed by atoms with E-state index in [4.69, 9.17) is 21.7 Å². The van der Waals surface area contributed by atoms with Crippen LogP contribution in [0.2, 0.25) is 0 Å². The van der Waals surface area contributed by atoms with E-state index in [1.807, 2.05) is 13.8 Å². The molecule has 0 aliphatic carbocycles. The van der Waals surface area contributed by atoms with E-state index in [0.29, 0.717) is 14.8 Å². The number of hydrogen-bond donors (Lipinski definition) is 1. The van der Waals surface area contributed by atoms with Crippen LogP contribution in [0.5, 0.6) is 11.5 Å². The first kappa shape index (κ1) is 25.6. The van der Waals surface area contributed by atoms with E-state index < -0.39 is 24.3 Å². The molecule has 0 unspecified atom stereocenters. The van der Waals surface area contributed by atoms with Crippen molar-refractivity contribution >= 4 is 51.9 Å². The molecule has 1 saturated heterocycles. The van der Waals surface area contributed by atoms with E-state index in [9.17, 15) is 22.8 Å². The minimum atomic E-state index is -4.60. The summed E-state index contributed by atoms with van der Waals surface area (Å²) in [6.07, 6.45) is -2.93. The molecule has 1 aliphatic rings. The van der Waals surface area contributed by atoms with Gasteiger partial charge in [0.15, 0.2) is 18.1 Å². The quantitative estimate of drug-likeness (QED) is 0.401. The van der Waals surface area contributed by atoms with Crippen molar-refractivity contribution in [2.75, 3.05) is 19.0 Å². The maximum atomic E-state index is 13.1. The van der Waals surface area contributed by atoms with E-state index in [-0.39, 0.29) is 29.1 Å². The van der Waals surface area contributed by atoms with Crippen molar-refractivity contribution in [3.8, 4) is 11.5 Å². The van der Waals surface area contributed by atoms with Gasteiger partial charge in [0.05, 0.1) is 23.3 Å². The Morgan fingerprint density at radius 3 is 2.53 bits per heavy atom. The Balaban J connectivity index is 1.70. The number of hydrogen-bond acceptors (Lipinski definition) is 6. The Kier molecular flexibility index (Phi) is 7.88. The summed E-state index contributed by atoms with van der Waals surface area (Å²) in [7, 11) is 1.41. The summed E-state index contributed by atoms with van der Waals surface area (Å²) >= 11 is 6.48. The highest BCUT2D eigenvalue weighted by atomic mass is 32.2. The highest BCUT2D eigenvalue weighted by Crippen LogP contribution is 2.36. The molecular weight excluding hydrogens is 489 g/mol. The molecule has 1 aliphatic heterocycles. The molecule has 180 valence electrons. The molecule has 0 bridgehead atoms. The van der Waals surface area contributed by atoms with E-state index in [1.54, 1.807) is 24.3 Å². The summed E-state index contributed by atoms with van der Waals surface area (Å²) in [5.74, 6) is -0.439. The number of halogens is 3. The fourth-order valence-corrected chi connectivity index (χ4v) is 4.66. The number of amides is 2. The van der Waals surface area contributed by atoms with Crippen LogP contribution in [0.15, 0.2) is 47.4 Å². The van der Waals surface area contributed by atoms with Crippen LogP contribution in [0, 0.1) is 0 Å². The number of benzene rings is 2. The van der Waals surface area contributed by atoms with Gasteiger partial charge in [0, 0.05) is 6.04 Å². The number of rotatable bonds is 7. The smallest absolute Gasteiger partial charge is 0.418 e. The number of thioether (sulfide) groups is 1. The topological polar surface area (TPSA) is 67.9 Å². The molecule has 6 nitrogen and oxygen atoms in total. The number of ether oxygens (including phenoxy) is 2. The first-order chi connectivity index (χ1) is 16.0. The van der Waals surface area contributed by atoms with Gasteiger partial charge in [0.2, 0.25) is 0 Å². The van der Waals surface area contributed by atoms with Gasteiger partial charge in [0.25, 0.3) is 11.8 Å². The first-order valence-electron chi connectivity index (χ1n) is 10.0. The summed E-state index contributed by atoms with van der Waals surface area (Å²) in [6.45, 7) is 3.22. The summed E-state index contributed by atoms with van der Waals surface area (Å²) in [6, 6.07) is 9.45. The molecule has 0 spiro atoms. The van der Waals surface area contributed by atoms with E-state index >= 15 is 0 Å². The minimum Gasteiger partial charge on any atom is -0.493 e. The SMILES string of the molecule is COc1cc(/C=C2\SC(=S)N(C(C)C)C2=O)ccc1OCC(=O)Nc1ccccc1C(F)(F)F. The normalized spacial score (nSPS) is 15.3. The summed E-state index contributed by atoms with van der Waals surface area (Å²) < 4.78 is 50.6. The largest absolute Gasteiger partial charge is 0.493 e. The van der Waals surface area contributed by atoms with Gasteiger partial charge in [-0.05, 0) is 49.8 Å². The van der Waals surface area contributed by atoms with Gasteiger partial charge in [0.1, 0.15) is 4.32 Å². The molecule has 0 radical (unpaired) electrons. The molecule has 1 N–H and O–H groups in total. The van der Waals surface area contributed by atoms with Gasteiger partial charge in [-0.15, -0.1) is 0 Å². The number of para-hydroxylation sites is 1. The predicted molar refractivity (Wildman–Crippen MR) is 129 cm³/mol. The minimum absolute atomic E-state index is 0.0574. The number of carbonyl (C=O) groups is 2. The van der Waals surface area contributed by atoms with Crippen molar-refractivity contribution in [1.82, 2.24) is 4.90 Å². The van der Waals surface area contributed by atoms with Gasteiger partial charge >= 0.3 is 6.18 Å². The number of nitrogens with zero attached hydrogens (tertiary/aromatic N) is 1. The highest BCUT2D eigenvalue weighted by molar-refractivity contribution is 8.26. The molecular formula is C23H21F3N2O4S2. The first-order valence-corrected chi connectivity index (χ1v) is 11.3. The highest BCUT2D eigenvalue weighted by Gasteiger charge is 2.34. The third-order valence-electron chi connectivity index (χ3n) is 4.69. The number of carbonyl (C=O) groups excluding carboxylic acids is 2. The molecule has 2 aromatic rings. The molecule has 3 rings (SSSR count). The van der Waals surface area contributed by atoms with Crippen molar-refractivity contribution in [3.63, 3.8) is 0 Å². The lowest BCUT2D eigenvalue weighted by Crippen LogP contribution is -2.34. The Labute approximate surface area is 204 Å². The van der Waals surface area contributed by atoms with Crippen molar-refractivity contribution < 1.29 is 32.2 Å². The molecule has 1 heterocycles. The number of nitrogens with one attached hydrogen (secondary N) is 1. The van der Waals surface area contributed by atoms with Gasteiger partial charge in [-0.2, -0.15) is 13.2 Å². The molecule has 0 atom stereocenters. The molecule has 2 amide bonds. The number of methoxy groups -OCH3 is 1. The van der Waals surface area contributed by atoms with Crippen LogP contribution < -0.4 is 14.8 Å². The van der Waals surface area contributed by atoms with Crippen molar-refractivity contribution in [2.45, 2.75) is 26.1 Å². The van der Waals surface area contributed by atoms with Crippen LogP contribution in [0.1, 0.15) is 25.0 Å². The molecule has 0 saturated carbocycles. The van der Waals surface area contributed by atoms with E-state index in [0.717, 1.165) is 12.1 Å². The van der Waals surface area contributed by atoms with E-state index in [2.05, 4.69) is 5.32 Å². The van der Waals surface area contributed by atoms with Crippen LogP contribution >= 0.6 is 24.0 Å². The van der Waals surface area contributed by atoms with Gasteiger partial charge in [-0.1, -0.05) is 42.2 Å². The predicted octanol–water partition coefficient (Wildman–Crippen LogP) is 5.34. The third-order valence-corrected chi connectivity index (χ3v) is 6.02. The monoisotopic (exact) mass is 510 g/mol. The maximum Gasteiger partial charge on any atom is 0.418 e. The fourth-order valence-electron chi connectivity index (χ4n) is 3.14. The summed E-state index contributed by atoms with van der Waals surface area (Å²) in [5.41, 5.74) is -0.658. The standard InChI is InChI=1S/C23H21F3N2O4S2/c1-13(2)28-21(30)19(34-22(28)33)11-14-8-9-17(18(10-14)31-3)32-12-20(29)27-16-7-5-4-6-15(16)23(24,25)26/h4-11,13H,12H2,1-3H3,(H,27,29)/b19-11-. The average Bonchev–Trinajstić information content (AvgIpc) is 3.05. The zero-order valence-electron chi connectivity index (χ0n) is 18.4. The lowest BCUT2D eigenvalue weighted by Gasteiger charge is -2.18. The Morgan fingerprint density at radius 2 is 1.91 bits per heavy atom. The Hall–Kier alpha value is -3.05. The second kappa shape index (κ2) is 10.5. The molecule has 0 aromatic heterocycles. The lowest BCUT2D eigenvalue weighted by molar-refractivity contribution is -0.137. The summed E-state index contributed by atoms with van der Waals surface area (Å²) in [5, 5.41) is 2.22. The number of thiocarbonyl (C=S) groups is 1. The third kappa shape index (κ3) is 5.89. The molecule has 34 heavy (non-hydrogen) atoms. The van der Waals surface area contributed by atoms with Crippen LogP contribution in [-0.4, -0.2) is 40.8 Å². The zero-order chi connectivity index (χ0) is 25.0. The fraction of sp³-hybridized carbons (Fsp3) is 0.261. The van der Waals surface area contributed by atoms with Crippen molar-refractivity contribution in [1.29, 1.82) is 0 Å². The lowest BCUT2D eigenvalue weighted by atomic mass is 10.1. The average molecular weight is 511 g/mol. The van der Waals surface area contributed by atoms with Gasteiger partial charge < -0.3 is 14.8 Å². The van der Waals surface area contributed by atoms with Crippen LogP contribution in [0.25, 0.3) is 6.08 Å². The van der Waals surface area contributed by atoms with Crippen LogP contribution in [0.4, 0.5) is 18.9 Å². The second-order valence-corrected chi connectivity index (χ2v) is 9.11. The Bertz CT molecular complexity index is 1150. The summed E-state index contributed by atoms with van der Waals surface area (Å²) in [4.78, 5) is 26.8. The number of alkyl halides is 3. The molecule has 11 heteroatoms. The van der Waals surface area contributed by atoms with Crippen molar-refractivity contribution in [2.24, 2.45) is 0 Å². The van der Waals surface area contributed by atoms with Crippen molar-refractivity contribution in [3.05, 3.63) is 58.5 Å². The number of anilines is 1. The van der Waals surface area contributed by atoms with Gasteiger partial charge in [-0.3, -0.25) is 14.5 Å². The molecule has 1 fully saturated rings. The van der Waals surface area contributed by atoms with Crippen LogP contribution in [-0.2, 0) is 15.8 Å². The maximum absolute atomic E-state index is 13.1. The zero-order valence-corrected chi connectivity index (χ0v) is 20.1. The van der Waals surface area contributed by atoms with Gasteiger partial charge in [-0.25, -0.2) is 0 Å². The van der Waals surface area contributed by atoms with Crippen LogP contribution in [0.3, 0.4) is 0 Å². The molecule has 2 aromatic carbocycles. The van der Waals surface area contributed by atoms with E-state index in [1.165, 1.54) is 35.9 Å².